The molecule has 1 N–H and O–H groups in total. The van der Waals surface area contributed by atoms with Crippen molar-refractivity contribution in [3.8, 4) is 0 Å². The maximum Gasteiger partial charge on any atom is 0.317 e. The van der Waals surface area contributed by atoms with E-state index in [2.05, 4.69) is 58.7 Å². The molecule has 0 saturated carbocycles. The fraction of sp³-hybridized carbons (Fsp3) is 0.409. The van der Waals surface area contributed by atoms with Crippen molar-refractivity contribution in [2.75, 3.05) is 32.7 Å². The quantitative estimate of drug-likeness (QED) is 0.920. The number of likely N-dealkylation sites (tertiary alicyclic amines) is 1. The summed E-state index contributed by atoms with van der Waals surface area (Å²) < 4.78 is 0. The van der Waals surface area contributed by atoms with E-state index in [0.29, 0.717) is 12.5 Å². The van der Waals surface area contributed by atoms with E-state index in [0.717, 1.165) is 45.6 Å². The van der Waals surface area contributed by atoms with Gasteiger partial charge in [-0.3, -0.25) is 4.90 Å². The second-order valence-electron chi connectivity index (χ2n) is 7.37. The molecule has 1 unspecified atom stereocenters. The molecule has 2 aliphatic rings. The average Bonchev–Trinajstić information content (AvgIpc) is 3.19. The van der Waals surface area contributed by atoms with Crippen LogP contribution in [0.4, 0.5) is 4.79 Å². The average molecular weight is 349 g/mol. The minimum atomic E-state index is 0.0841. The number of rotatable bonds is 4. The molecule has 136 valence electrons. The Morgan fingerprint density at radius 1 is 1.00 bits per heavy atom. The van der Waals surface area contributed by atoms with Crippen molar-refractivity contribution in [3.63, 3.8) is 0 Å². The van der Waals surface area contributed by atoms with Crippen LogP contribution in [0.2, 0.25) is 0 Å². The highest BCUT2D eigenvalue weighted by Gasteiger charge is 2.27. The molecule has 4 rings (SSSR count). The maximum atomic E-state index is 12.5. The molecule has 1 fully saturated rings. The summed E-state index contributed by atoms with van der Waals surface area (Å²) in [5, 5.41) is 3.11. The Morgan fingerprint density at radius 3 is 2.62 bits per heavy atom. The Labute approximate surface area is 155 Å². The molecule has 0 aliphatic carbocycles. The molecule has 4 nitrogen and oxygen atoms in total. The third-order valence-electron chi connectivity index (χ3n) is 5.66. The zero-order valence-electron chi connectivity index (χ0n) is 15.2. The second kappa shape index (κ2) is 7.92. The van der Waals surface area contributed by atoms with Crippen LogP contribution in [-0.4, -0.2) is 48.6 Å². The summed E-state index contributed by atoms with van der Waals surface area (Å²) in [5.74, 6) is 0.473. The van der Waals surface area contributed by atoms with Gasteiger partial charge < -0.3 is 10.2 Å². The van der Waals surface area contributed by atoms with E-state index >= 15 is 0 Å². The third-order valence-corrected chi connectivity index (χ3v) is 5.66. The molecule has 1 atom stereocenters. The molecule has 2 aliphatic heterocycles. The zero-order valence-corrected chi connectivity index (χ0v) is 15.2. The van der Waals surface area contributed by atoms with Crippen LogP contribution in [0.3, 0.4) is 0 Å². The first kappa shape index (κ1) is 17.1. The highest BCUT2D eigenvalue weighted by atomic mass is 16.2. The standard InChI is InChI=1S/C22H27N3O/c26-22(25-14-11-21(17-25)18-6-2-1-3-7-18)23-12-15-24-13-10-19-8-4-5-9-20(19)16-24/h1-9,21H,10-17H2,(H,23,26). The Hall–Kier alpha value is -2.33. The number of hydrogen-bond acceptors (Lipinski definition) is 2. The number of carbonyl (C=O) groups is 1. The van der Waals surface area contributed by atoms with E-state index in [1.165, 1.54) is 16.7 Å². The lowest BCUT2D eigenvalue weighted by atomic mass is 9.99. The van der Waals surface area contributed by atoms with Crippen LogP contribution in [0.5, 0.6) is 0 Å². The van der Waals surface area contributed by atoms with Crippen molar-refractivity contribution in [1.82, 2.24) is 15.1 Å². The van der Waals surface area contributed by atoms with Gasteiger partial charge in [0.2, 0.25) is 0 Å². The summed E-state index contributed by atoms with van der Waals surface area (Å²) >= 11 is 0. The molecular formula is C22H27N3O. The molecule has 4 heteroatoms. The molecule has 2 amide bonds. The predicted molar refractivity (Wildman–Crippen MR) is 104 cm³/mol. The van der Waals surface area contributed by atoms with Crippen LogP contribution in [0.15, 0.2) is 54.6 Å². The molecule has 2 heterocycles. The van der Waals surface area contributed by atoms with Gasteiger partial charge in [-0.25, -0.2) is 4.79 Å². The highest BCUT2D eigenvalue weighted by molar-refractivity contribution is 5.74. The summed E-state index contributed by atoms with van der Waals surface area (Å²) in [6.07, 6.45) is 2.16. The van der Waals surface area contributed by atoms with Crippen LogP contribution in [0.1, 0.15) is 29.0 Å². The minimum absolute atomic E-state index is 0.0841. The van der Waals surface area contributed by atoms with Crippen molar-refractivity contribution in [2.45, 2.75) is 25.3 Å². The number of urea groups is 1. The van der Waals surface area contributed by atoms with Gasteiger partial charge in [0.15, 0.2) is 0 Å². The van der Waals surface area contributed by atoms with Crippen LogP contribution in [0.25, 0.3) is 0 Å². The van der Waals surface area contributed by atoms with Gasteiger partial charge in [0, 0.05) is 45.2 Å². The van der Waals surface area contributed by atoms with E-state index in [-0.39, 0.29) is 6.03 Å². The molecule has 0 aromatic heterocycles. The van der Waals surface area contributed by atoms with Gasteiger partial charge in [-0.2, -0.15) is 0 Å². The third kappa shape index (κ3) is 3.91. The lowest BCUT2D eigenvalue weighted by Gasteiger charge is -2.29. The van der Waals surface area contributed by atoms with Gasteiger partial charge in [0.25, 0.3) is 0 Å². The van der Waals surface area contributed by atoms with Crippen molar-refractivity contribution in [2.24, 2.45) is 0 Å². The monoisotopic (exact) mass is 349 g/mol. The van der Waals surface area contributed by atoms with Gasteiger partial charge in [-0.15, -0.1) is 0 Å². The van der Waals surface area contributed by atoms with E-state index < -0.39 is 0 Å². The van der Waals surface area contributed by atoms with Crippen molar-refractivity contribution in [3.05, 3.63) is 71.3 Å². The molecule has 2 aromatic carbocycles. The zero-order chi connectivity index (χ0) is 17.8. The predicted octanol–water partition coefficient (Wildman–Crippen LogP) is 3.24. The molecule has 1 saturated heterocycles. The van der Waals surface area contributed by atoms with Gasteiger partial charge in [-0.1, -0.05) is 54.6 Å². The van der Waals surface area contributed by atoms with Crippen molar-refractivity contribution < 1.29 is 4.79 Å². The highest BCUT2D eigenvalue weighted by Crippen LogP contribution is 2.26. The fourth-order valence-electron chi connectivity index (χ4n) is 4.12. The van der Waals surface area contributed by atoms with Gasteiger partial charge in [0.05, 0.1) is 0 Å². The van der Waals surface area contributed by atoms with Crippen LogP contribution < -0.4 is 5.32 Å². The number of nitrogens with zero attached hydrogens (tertiary/aromatic N) is 2. The molecule has 0 radical (unpaired) electrons. The normalized spacial score (nSPS) is 20.0. The number of benzene rings is 2. The van der Waals surface area contributed by atoms with Gasteiger partial charge in [0.1, 0.15) is 0 Å². The Morgan fingerprint density at radius 2 is 1.77 bits per heavy atom. The largest absolute Gasteiger partial charge is 0.337 e. The van der Waals surface area contributed by atoms with Crippen LogP contribution >= 0.6 is 0 Å². The Bertz CT molecular complexity index is 746. The summed E-state index contributed by atoms with van der Waals surface area (Å²) in [4.78, 5) is 16.8. The van der Waals surface area contributed by atoms with Crippen LogP contribution in [0, 0.1) is 0 Å². The van der Waals surface area contributed by atoms with Crippen LogP contribution in [-0.2, 0) is 13.0 Å². The number of hydrogen-bond donors (Lipinski definition) is 1. The summed E-state index contributed by atoms with van der Waals surface area (Å²) in [6, 6.07) is 19.3. The van der Waals surface area contributed by atoms with E-state index in [4.69, 9.17) is 0 Å². The molecule has 0 spiro atoms. The Kier molecular flexibility index (Phi) is 5.21. The molecule has 2 aromatic rings. The van der Waals surface area contributed by atoms with Gasteiger partial charge >= 0.3 is 6.03 Å². The van der Waals surface area contributed by atoms with E-state index in [1.54, 1.807) is 0 Å². The first-order valence-electron chi connectivity index (χ1n) is 9.66. The number of carbonyl (C=O) groups excluding carboxylic acids is 1. The number of fused-ring (bicyclic) bond motifs is 1. The molecule has 26 heavy (non-hydrogen) atoms. The van der Waals surface area contributed by atoms with Crippen molar-refractivity contribution in [1.29, 1.82) is 0 Å². The summed E-state index contributed by atoms with van der Waals surface area (Å²) in [5.41, 5.74) is 4.24. The van der Waals surface area contributed by atoms with E-state index in [1.807, 2.05) is 11.0 Å². The molecule has 0 bridgehead atoms. The lowest BCUT2D eigenvalue weighted by molar-refractivity contribution is 0.202. The van der Waals surface area contributed by atoms with E-state index in [9.17, 15) is 4.79 Å². The first-order valence-corrected chi connectivity index (χ1v) is 9.66. The SMILES string of the molecule is O=C(NCCN1CCc2ccccc2C1)N1CCC(c2ccccc2)C1. The van der Waals surface area contributed by atoms with Crippen molar-refractivity contribution >= 4 is 6.03 Å². The summed E-state index contributed by atoms with van der Waals surface area (Å²) in [6.45, 7) is 5.37. The Balaban J connectivity index is 1.22. The number of amides is 2. The number of nitrogens with one attached hydrogen (secondary N) is 1. The lowest BCUT2D eigenvalue weighted by Crippen LogP contribution is -2.43. The summed E-state index contributed by atoms with van der Waals surface area (Å²) in [7, 11) is 0. The maximum absolute atomic E-state index is 12.5. The second-order valence-corrected chi connectivity index (χ2v) is 7.37. The van der Waals surface area contributed by atoms with Gasteiger partial charge in [-0.05, 0) is 29.5 Å². The molecular weight excluding hydrogens is 322 g/mol. The smallest absolute Gasteiger partial charge is 0.317 e. The minimum Gasteiger partial charge on any atom is -0.337 e. The fourth-order valence-corrected chi connectivity index (χ4v) is 4.12. The first-order chi connectivity index (χ1) is 12.8. The topological polar surface area (TPSA) is 35.6 Å².